The first-order valence-corrected chi connectivity index (χ1v) is 7.32. The van der Waals surface area contributed by atoms with Gasteiger partial charge in [0, 0.05) is 26.0 Å². The summed E-state index contributed by atoms with van der Waals surface area (Å²) in [7, 11) is 3.17. The Balaban J connectivity index is 1.65. The van der Waals surface area contributed by atoms with Crippen LogP contribution in [-0.2, 0) is 20.1 Å². The number of nitrogens with zero attached hydrogens (tertiary/aromatic N) is 6. The van der Waals surface area contributed by atoms with E-state index in [2.05, 4.69) is 25.7 Å². The van der Waals surface area contributed by atoms with E-state index in [1.54, 1.807) is 24.1 Å². The van der Waals surface area contributed by atoms with Crippen LogP contribution in [0.25, 0.3) is 11.4 Å². The molecule has 10 nitrogen and oxygen atoms in total. The zero-order chi connectivity index (χ0) is 17.1. The summed E-state index contributed by atoms with van der Waals surface area (Å²) in [5.41, 5.74) is 1.09. The number of carbonyl (C=O) groups excluding carboxylic acids is 1. The molecule has 1 amide bonds. The minimum absolute atomic E-state index is 0.103. The molecule has 0 unspecified atom stereocenters. The van der Waals surface area contributed by atoms with E-state index in [9.17, 15) is 4.79 Å². The minimum Gasteiger partial charge on any atom is -0.479 e. The maximum atomic E-state index is 12.2. The molecule has 10 heteroatoms. The van der Waals surface area contributed by atoms with Gasteiger partial charge in [0.05, 0.1) is 25.4 Å². The van der Waals surface area contributed by atoms with E-state index in [4.69, 9.17) is 9.26 Å². The van der Waals surface area contributed by atoms with E-state index in [1.165, 1.54) is 11.8 Å². The van der Waals surface area contributed by atoms with E-state index in [0.717, 1.165) is 12.1 Å². The Morgan fingerprint density at radius 3 is 2.96 bits per heavy atom. The molecule has 3 rings (SSSR count). The Hall–Kier alpha value is -3.17. The van der Waals surface area contributed by atoms with Gasteiger partial charge >= 0.3 is 0 Å². The van der Waals surface area contributed by atoms with Crippen LogP contribution in [-0.4, -0.2) is 42.7 Å². The molecule has 3 aromatic rings. The molecule has 3 aromatic heterocycles. The van der Waals surface area contributed by atoms with Crippen molar-refractivity contribution in [2.24, 2.45) is 7.05 Å². The first kappa shape index (κ1) is 15.7. The van der Waals surface area contributed by atoms with Gasteiger partial charge in [-0.25, -0.2) is 0 Å². The summed E-state index contributed by atoms with van der Waals surface area (Å²) in [4.78, 5) is 16.4. The first-order valence-electron chi connectivity index (χ1n) is 7.32. The molecule has 0 radical (unpaired) electrons. The van der Waals surface area contributed by atoms with Crippen molar-refractivity contribution >= 4 is 5.91 Å². The second kappa shape index (κ2) is 6.52. The third-order valence-electron chi connectivity index (χ3n) is 3.32. The third kappa shape index (κ3) is 3.12. The Kier molecular flexibility index (Phi) is 4.27. The Labute approximate surface area is 137 Å². The monoisotopic (exact) mass is 331 g/mol. The quantitative estimate of drug-likeness (QED) is 0.704. The van der Waals surface area contributed by atoms with Crippen LogP contribution in [0.15, 0.2) is 23.1 Å². The molecule has 0 fully saturated rings. The zero-order valence-electron chi connectivity index (χ0n) is 13.6. The maximum absolute atomic E-state index is 12.2. The highest BCUT2D eigenvalue weighted by Gasteiger charge is 2.17. The predicted octanol–water partition coefficient (Wildman–Crippen LogP) is 0.625. The second-order valence-corrected chi connectivity index (χ2v) is 5.00. The molecule has 0 saturated heterocycles. The van der Waals surface area contributed by atoms with Crippen LogP contribution in [0.3, 0.4) is 0 Å². The van der Waals surface area contributed by atoms with E-state index in [1.807, 2.05) is 13.1 Å². The highest BCUT2D eigenvalue weighted by molar-refractivity contribution is 5.96. The molecule has 24 heavy (non-hydrogen) atoms. The lowest BCUT2D eigenvalue weighted by Gasteiger charge is -2.01. The van der Waals surface area contributed by atoms with Crippen LogP contribution in [0, 0.1) is 0 Å². The molecule has 126 valence electrons. The number of ether oxygens (including phenoxy) is 1. The lowest BCUT2D eigenvalue weighted by atomic mass is 10.3. The molecule has 0 bridgehead atoms. The third-order valence-corrected chi connectivity index (χ3v) is 3.32. The van der Waals surface area contributed by atoms with Gasteiger partial charge in [-0.1, -0.05) is 5.16 Å². The number of hydrogen-bond donors (Lipinski definition) is 1. The molecule has 0 aliphatic rings. The van der Waals surface area contributed by atoms with Crippen LogP contribution in [0.2, 0.25) is 0 Å². The van der Waals surface area contributed by atoms with Crippen LogP contribution < -0.4 is 10.1 Å². The van der Waals surface area contributed by atoms with Crippen LogP contribution >= 0.6 is 0 Å². The standard InChI is InChI=1S/C14H17N7O3/c1-4-21-7-9(5-16-21)12-17-11(24-19-12)6-15-13(22)10-8-20(2)18-14(10)23-3/h5,7-8H,4,6H2,1-3H3,(H,15,22). The molecule has 0 spiro atoms. The number of amides is 1. The van der Waals surface area contributed by atoms with Crippen molar-refractivity contribution in [3.05, 3.63) is 30.0 Å². The molecule has 0 aromatic carbocycles. The first-order chi connectivity index (χ1) is 11.6. The highest BCUT2D eigenvalue weighted by atomic mass is 16.5. The molecule has 0 atom stereocenters. The van der Waals surface area contributed by atoms with E-state index in [0.29, 0.717) is 17.3 Å². The highest BCUT2D eigenvalue weighted by Crippen LogP contribution is 2.16. The predicted molar refractivity (Wildman–Crippen MR) is 82.1 cm³/mol. The normalized spacial score (nSPS) is 10.8. The Morgan fingerprint density at radius 2 is 2.25 bits per heavy atom. The number of nitrogens with one attached hydrogen (secondary N) is 1. The van der Waals surface area contributed by atoms with Crippen molar-refractivity contribution in [2.45, 2.75) is 20.0 Å². The number of rotatable bonds is 6. The second-order valence-electron chi connectivity index (χ2n) is 5.00. The lowest BCUT2D eigenvalue weighted by molar-refractivity contribution is 0.0943. The van der Waals surface area contributed by atoms with Gasteiger partial charge in [0.2, 0.25) is 17.6 Å². The van der Waals surface area contributed by atoms with E-state index >= 15 is 0 Å². The molecular weight excluding hydrogens is 314 g/mol. The van der Waals surface area contributed by atoms with Gasteiger partial charge in [0.25, 0.3) is 5.91 Å². The fraction of sp³-hybridized carbons (Fsp3) is 0.357. The Morgan fingerprint density at radius 1 is 1.42 bits per heavy atom. The summed E-state index contributed by atoms with van der Waals surface area (Å²) in [5.74, 6) is 0.648. The number of aromatic nitrogens is 6. The van der Waals surface area contributed by atoms with Crippen LogP contribution in [0.5, 0.6) is 5.88 Å². The topological polar surface area (TPSA) is 113 Å². The smallest absolute Gasteiger partial charge is 0.258 e. The SMILES string of the molecule is CCn1cc(-c2noc(CNC(=O)c3cn(C)nc3OC)n2)cn1. The molecule has 0 saturated carbocycles. The number of hydrogen-bond acceptors (Lipinski definition) is 7. The van der Waals surface area contributed by atoms with E-state index in [-0.39, 0.29) is 18.3 Å². The van der Waals surface area contributed by atoms with Gasteiger partial charge in [-0.2, -0.15) is 10.1 Å². The molecular formula is C14H17N7O3. The number of carbonyl (C=O) groups is 1. The fourth-order valence-electron chi connectivity index (χ4n) is 2.12. The summed E-state index contributed by atoms with van der Waals surface area (Å²) in [6.07, 6.45) is 5.07. The van der Waals surface area contributed by atoms with Gasteiger partial charge in [0.15, 0.2) is 0 Å². The summed E-state index contributed by atoms with van der Waals surface area (Å²) < 4.78 is 13.5. The fourth-order valence-corrected chi connectivity index (χ4v) is 2.12. The van der Waals surface area contributed by atoms with Gasteiger partial charge in [-0.3, -0.25) is 14.2 Å². The van der Waals surface area contributed by atoms with Gasteiger partial charge in [-0.15, -0.1) is 5.10 Å². The summed E-state index contributed by atoms with van der Waals surface area (Å²) in [6, 6.07) is 0. The zero-order valence-corrected chi connectivity index (χ0v) is 13.6. The summed E-state index contributed by atoms with van der Waals surface area (Å²) >= 11 is 0. The van der Waals surface area contributed by atoms with E-state index < -0.39 is 0 Å². The van der Waals surface area contributed by atoms with Crippen molar-refractivity contribution in [2.75, 3.05) is 7.11 Å². The van der Waals surface area contributed by atoms with Crippen molar-refractivity contribution in [3.63, 3.8) is 0 Å². The molecule has 3 heterocycles. The van der Waals surface area contributed by atoms with Crippen molar-refractivity contribution in [3.8, 4) is 17.3 Å². The lowest BCUT2D eigenvalue weighted by Crippen LogP contribution is -2.23. The maximum Gasteiger partial charge on any atom is 0.258 e. The minimum atomic E-state index is -0.335. The average molecular weight is 331 g/mol. The molecule has 0 aliphatic carbocycles. The summed E-state index contributed by atoms with van der Waals surface area (Å²) in [5, 5.41) is 14.8. The van der Waals surface area contributed by atoms with Gasteiger partial charge < -0.3 is 14.6 Å². The van der Waals surface area contributed by atoms with Crippen LogP contribution in [0.4, 0.5) is 0 Å². The Bertz CT molecular complexity index is 848. The van der Waals surface area contributed by atoms with Crippen molar-refractivity contribution in [1.29, 1.82) is 0 Å². The average Bonchev–Trinajstić information content (AvgIpc) is 3.30. The number of aryl methyl sites for hydroxylation is 2. The van der Waals surface area contributed by atoms with Crippen LogP contribution in [0.1, 0.15) is 23.2 Å². The van der Waals surface area contributed by atoms with Crippen molar-refractivity contribution < 1.29 is 14.1 Å². The summed E-state index contributed by atoms with van der Waals surface area (Å²) in [6.45, 7) is 2.85. The van der Waals surface area contributed by atoms with Crippen molar-refractivity contribution in [1.82, 2.24) is 35.0 Å². The molecule has 1 N–H and O–H groups in total. The van der Waals surface area contributed by atoms with Gasteiger partial charge in [0.1, 0.15) is 5.56 Å². The van der Waals surface area contributed by atoms with Gasteiger partial charge in [-0.05, 0) is 6.92 Å². The largest absolute Gasteiger partial charge is 0.479 e. The molecule has 0 aliphatic heterocycles. The number of methoxy groups -OCH3 is 1.